The minimum atomic E-state index is 0.0812. The summed E-state index contributed by atoms with van der Waals surface area (Å²) in [6.07, 6.45) is 0.847. The highest BCUT2D eigenvalue weighted by molar-refractivity contribution is 5.44. The number of hydrogen-bond donors (Lipinski definition) is 2. The van der Waals surface area contributed by atoms with Gasteiger partial charge in [-0.05, 0) is 31.2 Å². The van der Waals surface area contributed by atoms with Crippen LogP contribution in [0, 0.1) is 18.8 Å². The molecule has 2 nitrogen and oxygen atoms in total. The molecule has 1 aromatic carbocycles. The first-order chi connectivity index (χ1) is 7.29. The summed E-state index contributed by atoms with van der Waals surface area (Å²) < 4.78 is 0. The summed E-state index contributed by atoms with van der Waals surface area (Å²) in [7, 11) is 1.92. The van der Waals surface area contributed by atoms with E-state index in [0.29, 0.717) is 0 Å². The summed E-state index contributed by atoms with van der Waals surface area (Å²) in [4.78, 5) is 0. The molecule has 1 aromatic rings. The molecule has 15 heavy (non-hydrogen) atoms. The van der Waals surface area contributed by atoms with Gasteiger partial charge in [0.2, 0.25) is 0 Å². The van der Waals surface area contributed by atoms with Crippen molar-refractivity contribution in [1.29, 1.82) is 0 Å². The summed E-state index contributed by atoms with van der Waals surface area (Å²) in [5.74, 6) is 6.22. The summed E-state index contributed by atoms with van der Waals surface area (Å²) in [6.45, 7) is 2.98. The molecule has 0 aliphatic heterocycles. The van der Waals surface area contributed by atoms with Crippen LogP contribution in [0.1, 0.15) is 23.1 Å². The second-order valence-corrected chi connectivity index (χ2v) is 3.40. The molecule has 0 aliphatic carbocycles. The largest absolute Gasteiger partial charge is 0.392 e. The Morgan fingerprint density at radius 1 is 1.40 bits per heavy atom. The van der Waals surface area contributed by atoms with E-state index in [1.165, 1.54) is 0 Å². The fourth-order valence-corrected chi connectivity index (χ4v) is 1.34. The Labute approximate surface area is 91.3 Å². The van der Waals surface area contributed by atoms with Gasteiger partial charge in [0, 0.05) is 18.5 Å². The number of aliphatic hydroxyl groups excluding tert-OH is 1. The average Bonchev–Trinajstić information content (AvgIpc) is 2.26. The molecule has 0 spiro atoms. The molecule has 1 rings (SSSR count). The number of hydrogen-bond acceptors (Lipinski definition) is 2. The number of rotatable bonds is 3. The van der Waals surface area contributed by atoms with Gasteiger partial charge in [-0.25, -0.2) is 0 Å². The van der Waals surface area contributed by atoms with E-state index >= 15 is 0 Å². The Morgan fingerprint density at radius 3 is 2.87 bits per heavy atom. The Hall–Kier alpha value is -1.30. The molecule has 2 heteroatoms. The first kappa shape index (κ1) is 11.8. The maximum atomic E-state index is 9.09. The van der Waals surface area contributed by atoms with Crippen molar-refractivity contribution in [3.05, 3.63) is 34.9 Å². The average molecular weight is 203 g/mol. The van der Waals surface area contributed by atoms with Gasteiger partial charge in [0.05, 0.1) is 6.61 Å². The maximum Gasteiger partial charge on any atom is 0.0684 e. The highest BCUT2D eigenvalue weighted by atomic mass is 16.3. The molecule has 0 aliphatic rings. The van der Waals surface area contributed by atoms with Crippen LogP contribution in [-0.2, 0) is 6.61 Å². The van der Waals surface area contributed by atoms with Crippen molar-refractivity contribution < 1.29 is 5.11 Å². The SMILES string of the molecule is CNCCC#Cc1cccc(CO)c1C. The zero-order chi connectivity index (χ0) is 11.1. The van der Waals surface area contributed by atoms with Crippen LogP contribution in [0.25, 0.3) is 0 Å². The zero-order valence-corrected chi connectivity index (χ0v) is 9.30. The number of aliphatic hydroxyl groups is 1. The van der Waals surface area contributed by atoms with Gasteiger partial charge >= 0.3 is 0 Å². The van der Waals surface area contributed by atoms with E-state index in [0.717, 1.165) is 29.7 Å². The van der Waals surface area contributed by atoms with Crippen LogP contribution in [0.4, 0.5) is 0 Å². The molecule has 0 amide bonds. The maximum absolute atomic E-state index is 9.09. The van der Waals surface area contributed by atoms with Crippen LogP contribution in [0.15, 0.2) is 18.2 Å². The predicted octanol–water partition coefficient (Wildman–Crippen LogP) is 1.45. The second kappa shape index (κ2) is 6.23. The lowest BCUT2D eigenvalue weighted by atomic mass is 10.0. The van der Waals surface area contributed by atoms with Crippen molar-refractivity contribution in [2.75, 3.05) is 13.6 Å². The van der Waals surface area contributed by atoms with E-state index in [4.69, 9.17) is 5.11 Å². The van der Waals surface area contributed by atoms with Crippen LogP contribution in [0.2, 0.25) is 0 Å². The van der Waals surface area contributed by atoms with Crippen molar-refractivity contribution in [3.8, 4) is 11.8 Å². The summed E-state index contributed by atoms with van der Waals surface area (Å²) in [5, 5.41) is 12.1. The fourth-order valence-electron chi connectivity index (χ4n) is 1.34. The van der Waals surface area contributed by atoms with Gasteiger partial charge < -0.3 is 10.4 Å². The third-order valence-electron chi connectivity index (χ3n) is 2.34. The van der Waals surface area contributed by atoms with E-state index < -0.39 is 0 Å². The lowest BCUT2D eigenvalue weighted by Gasteiger charge is -2.03. The van der Waals surface area contributed by atoms with Crippen molar-refractivity contribution in [2.24, 2.45) is 0 Å². The van der Waals surface area contributed by atoms with Crippen LogP contribution in [0.3, 0.4) is 0 Å². The van der Waals surface area contributed by atoms with Gasteiger partial charge in [-0.3, -0.25) is 0 Å². The quantitative estimate of drug-likeness (QED) is 0.575. The molecule has 0 saturated heterocycles. The standard InChI is InChI=1S/C13H17NO/c1-11-12(6-3-4-9-14-2)7-5-8-13(11)10-15/h5,7-8,14-15H,4,9-10H2,1-2H3. The molecule has 0 unspecified atom stereocenters. The summed E-state index contributed by atoms with van der Waals surface area (Å²) in [5.41, 5.74) is 3.05. The van der Waals surface area contributed by atoms with Gasteiger partial charge in [-0.1, -0.05) is 24.0 Å². The molecular weight excluding hydrogens is 186 g/mol. The van der Waals surface area contributed by atoms with Gasteiger partial charge in [0.1, 0.15) is 0 Å². The van der Waals surface area contributed by atoms with Crippen LogP contribution >= 0.6 is 0 Å². The van der Waals surface area contributed by atoms with Gasteiger partial charge in [0.25, 0.3) is 0 Å². The van der Waals surface area contributed by atoms with Gasteiger partial charge in [0.15, 0.2) is 0 Å². The molecular formula is C13H17NO. The Bertz CT molecular complexity index is 374. The molecule has 2 N–H and O–H groups in total. The Morgan fingerprint density at radius 2 is 2.20 bits per heavy atom. The highest BCUT2D eigenvalue weighted by Gasteiger charge is 1.99. The van der Waals surface area contributed by atoms with E-state index in [1.54, 1.807) is 0 Å². The van der Waals surface area contributed by atoms with E-state index in [1.807, 2.05) is 32.2 Å². The lowest BCUT2D eigenvalue weighted by Crippen LogP contribution is -2.05. The van der Waals surface area contributed by atoms with E-state index in [2.05, 4.69) is 17.2 Å². The fraction of sp³-hybridized carbons (Fsp3) is 0.385. The number of nitrogens with one attached hydrogen (secondary N) is 1. The van der Waals surface area contributed by atoms with Crippen molar-refractivity contribution in [3.63, 3.8) is 0 Å². The van der Waals surface area contributed by atoms with Gasteiger partial charge in [-0.2, -0.15) is 0 Å². The third-order valence-corrected chi connectivity index (χ3v) is 2.34. The molecule has 0 saturated carbocycles. The third kappa shape index (κ3) is 3.39. The first-order valence-corrected chi connectivity index (χ1v) is 5.12. The van der Waals surface area contributed by atoms with E-state index in [-0.39, 0.29) is 6.61 Å². The molecule has 0 bridgehead atoms. The predicted molar refractivity (Wildman–Crippen MR) is 62.5 cm³/mol. The Kier molecular flexibility index (Phi) is 4.89. The smallest absolute Gasteiger partial charge is 0.0684 e. The molecule has 0 fully saturated rings. The van der Waals surface area contributed by atoms with Crippen LogP contribution in [-0.4, -0.2) is 18.7 Å². The number of benzene rings is 1. The van der Waals surface area contributed by atoms with Gasteiger partial charge in [-0.15, -0.1) is 0 Å². The summed E-state index contributed by atoms with van der Waals surface area (Å²) in [6, 6.07) is 5.84. The van der Waals surface area contributed by atoms with E-state index in [9.17, 15) is 0 Å². The van der Waals surface area contributed by atoms with Crippen LogP contribution in [0.5, 0.6) is 0 Å². The summed E-state index contributed by atoms with van der Waals surface area (Å²) >= 11 is 0. The minimum Gasteiger partial charge on any atom is -0.392 e. The molecule has 0 aromatic heterocycles. The lowest BCUT2D eigenvalue weighted by molar-refractivity contribution is 0.281. The van der Waals surface area contributed by atoms with Crippen LogP contribution < -0.4 is 5.32 Å². The monoisotopic (exact) mass is 203 g/mol. The molecule has 80 valence electrons. The molecule has 0 radical (unpaired) electrons. The zero-order valence-electron chi connectivity index (χ0n) is 9.30. The first-order valence-electron chi connectivity index (χ1n) is 5.12. The molecule has 0 atom stereocenters. The van der Waals surface area contributed by atoms with Crippen molar-refractivity contribution in [1.82, 2.24) is 5.32 Å². The minimum absolute atomic E-state index is 0.0812. The van der Waals surface area contributed by atoms with Crippen molar-refractivity contribution in [2.45, 2.75) is 20.0 Å². The van der Waals surface area contributed by atoms with Crippen molar-refractivity contribution >= 4 is 0 Å². The highest BCUT2D eigenvalue weighted by Crippen LogP contribution is 2.12. The Balaban J connectivity index is 2.79. The normalized spacial score (nSPS) is 9.53. The topological polar surface area (TPSA) is 32.3 Å². The molecule has 0 heterocycles. The second-order valence-electron chi connectivity index (χ2n) is 3.40.